The van der Waals surface area contributed by atoms with Crippen molar-refractivity contribution >= 4 is 26.8 Å². The van der Waals surface area contributed by atoms with Gasteiger partial charge in [0.05, 0.1) is 13.2 Å². The number of hydrogen-bond acceptors (Lipinski definition) is 3. The number of nitrogens with zero attached hydrogens (tertiary/aromatic N) is 1. The van der Waals surface area contributed by atoms with E-state index in [1.807, 2.05) is 0 Å². The summed E-state index contributed by atoms with van der Waals surface area (Å²) in [5.74, 6) is 0. The highest BCUT2D eigenvalue weighted by Gasteiger charge is 2.24. The number of nitrogens with one attached hydrogen (secondary N) is 2. The molecule has 4 rings (SSSR count). The molecule has 0 saturated carbocycles. The van der Waals surface area contributed by atoms with E-state index < -0.39 is 0 Å². The van der Waals surface area contributed by atoms with Gasteiger partial charge in [0.1, 0.15) is 0 Å². The summed E-state index contributed by atoms with van der Waals surface area (Å²) in [6, 6.07) is 6.98. The van der Waals surface area contributed by atoms with Crippen LogP contribution in [0, 0.1) is 0 Å². The van der Waals surface area contributed by atoms with Crippen molar-refractivity contribution in [1.82, 2.24) is 15.2 Å². The van der Waals surface area contributed by atoms with Crippen molar-refractivity contribution in [3.63, 3.8) is 0 Å². The third-order valence-corrected chi connectivity index (χ3v) is 5.35. The molecule has 3 heterocycles. The van der Waals surface area contributed by atoms with E-state index in [0.717, 1.165) is 56.7 Å². The number of ether oxygens (including phenoxy) is 1. The van der Waals surface area contributed by atoms with Gasteiger partial charge in [-0.05, 0) is 43.1 Å². The number of benzene rings is 1. The van der Waals surface area contributed by atoms with Crippen LogP contribution >= 0.6 is 15.9 Å². The van der Waals surface area contributed by atoms with E-state index in [9.17, 15) is 0 Å². The van der Waals surface area contributed by atoms with E-state index in [1.54, 1.807) is 0 Å². The molecular weight excluding hydrogens is 342 g/mol. The number of aromatic nitrogens is 1. The van der Waals surface area contributed by atoms with E-state index >= 15 is 0 Å². The van der Waals surface area contributed by atoms with Crippen molar-refractivity contribution in [2.75, 3.05) is 39.4 Å². The predicted octanol–water partition coefficient (Wildman–Crippen LogP) is 2.84. The Morgan fingerprint density at radius 2 is 2.14 bits per heavy atom. The minimum Gasteiger partial charge on any atom is -0.379 e. The van der Waals surface area contributed by atoms with Gasteiger partial charge in [0.2, 0.25) is 0 Å². The Labute approximate surface area is 139 Å². The topological polar surface area (TPSA) is 40.3 Å². The first-order valence-electron chi connectivity index (χ1n) is 8.15. The van der Waals surface area contributed by atoms with Gasteiger partial charge >= 0.3 is 0 Å². The standard InChI is InChI=1S/C17H22BrN3O/c18-12-1-2-15-14(11-12)13-3-5-19-16(17(13)20-15)4-6-21-7-9-22-10-8-21/h1-2,11,16,19-20H,3-10H2/t16-/m0/s1. The molecule has 118 valence electrons. The quantitative estimate of drug-likeness (QED) is 0.880. The zero-order valence-electron chi connectivity index (χ0n) is 12.7. The molecule has 1 fully saturated rings. The van der Waals surface area contributed by atoms with Gasteiger partial charge in [-0.2, -0.15) is 0 Å². The normalized spacial score (nSPS) is 22.9. The second kappa shape index (κ2) is 6.32. The maximum Gasteiger partial charge on any atom is 0.0594 e. The van der Waals surface area contributed by atoms with Crippen LogP contribution in [0.4, 0.5) is 0 Å². The molecule has 2 aromatic rings. The fourth-order valence-electron chi connectivity index (χ4n) is 3.66. The largest absolute Gasteiger partial charge is 0.379 e. The number of morpholine rings is 1. The van der Waals surface area contributed by atoms with Crippen LogP contribution in [-0.2, 0) is 11.2 Å². The third kappa shape index (κ3) is 2.83. The summed E-state index contributed by atoms with van der Waals surface area (Å²) in [5, 5.41) is 5.07. The molecule has 2 aliphatic heterocycles. The van der Waals surface area contributed by atoms with Crippen molar-refractivity contribution in [2.24, 2.45) is 0 Å². The lowest BCUT2D eigenvalue weighted by molar-refractivity contribution is 0.0360. The molecular formula is C17H22BrN3O. The molecule has 0 aliphatic carbocycles. The summed E-state index contributed by atoms with van der Waals surface area (Å²) in [5.41, 5.74) is 4.16. The molecule has 2 aliphatic rings. The molecule has 0 radical (unpaired) electrons. The first-order chi connectivity index (χ1) is 10.8. The molecule has 0 unspecified atom stereocenters. The summed E-state index contributed by atoms with van der Waals surface area (Å²) in [6.07, 6.45) is 2.26. The van der Waals surface area contributed by atoms with E-state index in [0.29, 0.717) is 6.04 Å². The molecule has 0 bridgehead atoms. The number of H-pyrrole nitrogens is 1. The Morgan fingerprint density at radius 1 is 1.27 bits per heavy atom. The van der Waals surface area contributed by atoms with E-state index in [1.165, 1.54) is 22.2 Å². The molecule has 1 saturated heterocycles. The summed E-state index contributed by atoms with van der Waals surface area (Å²) < 4.78 is 6.59. The smallest absolute Gasteiger partial charge is 0.0594 e. The van der Waals surface area contributed by atoms with Crippen LogP contribution in [0.25, 0.3) is 10.9 Å². The van der Waals surface area contributed by atoms with Crippen LogP contribution in [0.15, 0.2) is 22.7 Å². The molecule has 0 amide bonds. The van der Waals surface area contributed by atoms with Crippen LogP contribution in [0.2, 0.25) is 0 Å². The highest BCUT2D eigenvalue weighted by molar-refractivity contribution is 9.10. The first-order valence-corrected chi connectivity index (χ1v) is 8.94. The number of halogens is 1. The van der Waals surface area contributed by atoms with Gasteiger partial charge < -0.3 is 15.0 Å². The minimum absolute atomic E-state index is 0.442. The zero-order valence-corrected chi connectivity index (χ0v) is 14.3. The number of fused-ring (bicyclic) bond motifs is 3. The predicted molar refractivity (Wildman–Crippen MR) is 92.3 cm³/mol. The van der Waals surface area contributed by atoms with Gasteiger partial charge in [-0.1, -0.05) is 15.9 Å². The molecule has 1 atom stereocenters. The zero-order chi connectivity index (χ0) is 14.9. The maximum absolute atomic E-state index is 5.43. The van der Waals surface area contributed by atoms with Crippen LogP contribution in [0.5, 0.6) is 0 Å². The number of rotatable bonds is 3. The second-order valence-electron chi connectivity index (χ2n) is 6.21. The van der Waals surface area contributed by atoms with Gasteiger partial charge in [-0.15, -0.1) is 0 Å². The van der Waals surface area contributed by atoms with Crippen molar-refractivity contribution in [2.45, 2.75) is 18.9 Å². The van der Waals surface area contributed by atoms with Crippen LogP contribution in [0.3, 0.4) is 0 Å². The number of aromatic amines is 1. The molecule has 0 spiro atoms. The monoisotopic (exact) mass is 363 g/mol. The molecule has 1 aromatic heterocycles. The van der Waals surface area contributed by atoms with Gasteiger partial charge in [0.25, 0.3) is 0 Å². The van der Waals surface area contributed by atoms with Gasteiger partial charge in [-0.3, -0.25) is 4.90 Å². The van der Waals surface area contributed by atoms with Crippen molar-refractivity contribution in [3.05, 3.63) is 33.9 Å². The third-order valence-electron chi connectivity index (χ3n) is 4.85. The summed E-state index contributed by atoms with van der Waals surface area (Å²) >= 11 is 3.59. The van der Waals surface area contributed by atoms with Crippen molar-refractivity contribution in [1.29, 1.82) is 0 Å². The van der Waals surface area contributed by atoms with Gasteiger partial charge in [0, 0.05) is 46.7 Å². The summed E-state index contributed by atoms with van der Waals surface area (Å²) in [6.45, 7) is 6.10. The van der Waals surface area contributed by atoms with Crippen molar-refractivity contribution < 1.29 is 4.74 Å². The Balaban J connectivity index is 1.55. The lowest BCUT2D eigenvalue weighted by atomic mass is 9.97. The molecule has 2 N–H and O–H groups in total. The lowest BCUT2D eigenvalue weighted by Gasteiger charge is -2.30. The van der Waals surface area contributed by atoms with E-state index in [-0.39, 0.29) is 0 Å². The Hall–Kier alpha value is -0.880. The fourth-order valence-corrected chi connectivity index (χ4v) is 4.02. The Kier molecular flexibility index (Phi) is 4.22. The molecule has 1 aromatic carbocycles. The Morgan fingerprint density at radius 3 is 3.00 bits per heavy atom. The minimum atomic E-state index is 0.442. The van der Waals surface area contributed by atoms with Crippen molar-refractivity contribution in [3.8, 4) is 0 Å². The van der Waals surface area contributed by atoms with Crippen LogP contribution in [-0.4, -0.2) is 49.3 Å². The summed E-state index contributed by atoms with van der Waals surface area (Å²) in [7, 11) is 0. The SMILES string of the molecule is Brc1ccc2[nH]c3c(c2c1)CCN[C@H]3CCN1CCOCC1. The Bertz CT molecular complexity index is 663. The van der Waals surface area contributed by atoms with Gasteiger partial charge in [0.15, 0.2) is 0 Å². The average molecular weight is 364 g/mol. The number of hydrogen-bond donors (Lipinski definition) is 2. The molecule has 22 heavy (non-hydrogen) atoms. The maximum atomic E-state index is 5.43. The molecule has 5 heteroatoms. The average Bonchev–Trinajstić information content (AvgIpc) is 2.92. The van der Waals surface area contributed by atoms with E-state index in [2.05, 4.69) is 49.3 Å². The molecule has 4 nitrogen and oxygen atoms in total. The van der Waals surface area contributed by atoms with Crippen LogP contribution < -0.4 is 5.32 Å². The first kappa shape index (κ1) is 14.7. The van der Waals surface area contributed by atoms with Gasteiger partial charge in [-0.25, -0.2) is 0 Å². The van der Waals surface area contributed by atoms with E-state index in [4.69, 9.17) is 4.74 Å². The highest BCUT2D eigenvalue weighted by Crippen LogP contribution is 2.33. The fraction of sp³-hybridized carbons (Fsp3) is 0.529. The summed E-state index contributed by atoms with van der Waals surface area (Å²) in [4.78, 5) is 6.17. The lowest BCUT2D eigenvalue weighted by Crippen LogP contribution is -2.39. The van der Waals surface area contributed by atoms with Crippen LogP contribution in [0.1, 0.15) is 23.7 Å². The second-order valence-corrected chi connectivity index (χ2v) is 7.12. The highest BCUT2D eigenvalue weighted by atomic mass is 79.9.